The van der Waals surface area contributed by atoms with E-state index in [0.29, 0.717) is 5.56 Å². The van der Waals surface area contributed by atoms with E-state index < -0.39 is 21.3 Å². The Bertz CT molecular complexity index is 672. The Morgan fingerprint density at radius 1 is 1.28 bits per heavy atom. The molecule has 1 aliphatic carbocycles. The SMILES string of the molecule is O=C(O)C1=CC(S(=O)(=O)O)c2ccccc2C1=S. The topological polar surface area (TPSA) is 91.7 Å². The first-order chi connectivity index (χ1) is 8.32. The minimum Gasteiger partial charge on any atom is -0.478 e. The van der Waals surface area contributed by atoms with Crippen molar-refractivity contribution >= 4 is 33.2 Å². The van der Waals surface area contributed by atoms with E-state index in [4.69, 9.17) is 21.9 Å². The van der Waals surface area contributed by atoms with Crippen LogP contribution >= 0.6 is 12.2 Å². The molecule has 2 rings (SSSR count). The molecule has 1 unspecified atom stereocenters. The van der Waals surface area contributed by atoms with Crippen molar-refractivity contribution in [3.63, 3.8) is 0 Å². The number of carbonyl (C=O) groups is 1. The zero-order valence-electron chi connectivity index (χ0n) is 8.90. The number of hydrogen-bond donors (Lipinski definition) is 2. The second kappa shape index (κ2) is 4.27. The highest BCUT2D eigenvalue weighted by atomic mass is 32.2. The molecule has 5 nitrogen and oxygen atoms in total. The fraction of sp³-hybridized carbons (Fsp3) is 0.0909. The summed E-state index contributed by atoms with van der Waals surface area (Å²) >= 11 is 5.01. The Balaban J connectivity index is 2.73. The predicted octanol–water partition coefficient (Wildman–Crippen LogP) is 1.36. The van der Waals surface area contributed by atoms with E-state index in [0.717, 1.165) is 6.08 Å². The molecule has 94 valence electrons. The summed E-state index contributed by atoms with van der Waals surface area (Å²) in [7, 11) is -4.43. The Labute approximate surface area is 109 Å². The standard InChI is InChI=1S/C11H8O5S2/c12-11(13)8-5-9(18(14,15)16)6-3-1-2-4-7(6)10(8)17/h1-5,9H,(H,12,13)(H,14,15,16). The summed E-state index contributed by atoms with van der Waals surface area (Å²) < 4.78 is 31.8. The zero-order chi connectivity index (χ0) is 13.5. The molecular formula is C11H8O5S2. The first-order valence-electron chi connectivity index (χ1n) is 4.87. The highest BCUT2D eigenvalue weighted by Crippen LogP contribution is 2.33. The van der Waals surface area contributed by atoms with Crippen LogP contribution in [0.25, 0.3) is 0 Å². The fourth-order valence-corrected chi connectivity index (χ4v) is 3.00. The number of rotatable bonds is 2. The van der Waals surface area contributed by atoms with Crippen LogP contribution in [0.1, 0.15) is 16.4 Å². The predicted molar refractivity (Wildman–Crippen MR) is 68.2 cm³/mol. The lowest BCUT2D eigenvalue weighted by Crippen LogP contribution is -2.23. The Hall–Kier alpha value is -1.57. The number of thiocarbonyl (C=S) groups is 1. The molecule has 0 aromatic heterocycles. The first kappa shape index (κ1) is 12.9. The molecule has 0 amide bonds. The van der Waals surface area contributed by atoms with Crippen LogP contribution in [0.4, 0.5) is 0 Å². The van der Waals surface area contributed by atoms with Crippen LogP contribution in [0.15, 0.2) is 35.9 Å². The monoisotopic (exact) mass is 284 g/mol. The molecule has 7 heteroatoms. The van der Waals surface area contributed by atoms with Crippen LogP contribution in [-0.2, 0) is 14.9 Å². The molecule has 0 spiro atoms. The highest BCUT2D eigenvalue weighted by Gasteiger charge is 2.33. The Kier molecular flexibility index (Phi) is 3.05. The molecule has 2 N–H and O–H groups in total. The first-order valence-corrected chi connectivity index (χ1v) is 6.78. The average Bonchev–Trinajstić information content (AvgIpc) is 2.27. The van der Waals surface area contributed by atoms with Crippen molar-refractivity contribution in [1.82, 2.24) is 0 Å². The van der Waals surface area contributed by atoms with Gasteiger partial charge in [-0.05, 0) is 17.2 Å². The van der Waals surface area contributed by atoms with Crippen LogP contribution < -0.4 is 0 Å². The maximum atomic E-state index is 11.3. The molecule has 0 heterocycles. The van der Waals surface area contributed by atoms with Crippen molar-refractivity contribution in [2.24, 2.45) is 0 Å². The van der Waals surface area contributed by atoms with Gasteiger partial charge in [0.05, 0.1) is 10.4 Å². The molecule has 0 fully saturated rings. The van der Waals surface area contributed by atoms with Crippen molar-refractivity contribution in [2.45, 2.75) is 5.25 Å². The van der Waals surface area contributed by atoms with Crippen molar-refractivity contribution in [3.8, 4) is 0 Å². The Morgan fingerprint density at radius 3 is 2.44 bits per heavy atom. The van der Waals surface area contributed by atoms with Crippen molar-refractivity contribution in [1.29, 1.82) is 0 Å². The molecule has 1 aromatic carbocycles. The van der Waals surface area contributed by atoms with E-state index in [9.17, 15) is 13.2 Å². The van der Waals surface area contributed by atoms with Crippen LogP contribution in [0, 0.1) is 0 Å². The number of aliphatic carboxylic acids is 1. The molecule has 0 bridgehead atoms. The van der Waals surface area contributed by atoms with E-state index in [1.807, 2.05) is 0 Å². The summed E-state index contributed by atoms with van der Waals surface area (Å²) in [6.45, 7) is 0. The fourth-order valence-electron chi connectivity index (χ4n) is 1.83. The number of carboxylic acid groups (broad SMARTS) is 1. The molecular weight excluding hydrogens is 276 g/mol. The highest BCUT2D eigenvalue weighted by molar-refractivity contribution is 7.86. The third kappa shape index (κ3) is 2.07. The quantitative estimate of drug-likeness (QED) is 0.629. The van der Waals surface area contributed by atoms with Gasteiger partial charge in [0.1, 0.15) is 5.25 Å². The van der Waals surface area contributed by atoms with E-state index in [1.165, 1.54) is 12.1 Å². The molecule has 0 radical (unpaired) electrons. The third-order valence-electron chi connectivity index (χ3n) is 2.63. The van der Waals surface area contributed by atoms with Crippen LogP contribution in [0.3, 0.4) is 0 Å². The second-order valence-electron chi connectivity index (χ2n) is 3.74. The van der Waals surface area contributed by atoms with Gasteiger partial charge in [-0.25, -0.2) is 4.79 Å². The molecule has 1 atom stereocenters. The maximum absolute atomic E-state index is 11.3. The number of carboxylic acids is 1. The van der Waals surface area contributed by atoms with Crippen LogP contribution in [0.5, 0.6) is 0 Å². The third-order valence-corrected chi connectivity index (χ3v) is 4.10. The summed E-state index contributed by atoms with van der Waals surface area (Å²) in [6.07, 6.45) is 0.961. The van der Waals surface area contributed by atoms with Crippen LogP contribution in [-0.4, -0.2) is 28.9 Å². The number of fused-ring (bicyclic) bond motifs is 1. The lowest BCUT2D eigenvalue weighted by atomic mass is 9.91. The lowest BCUT2D eigenvalue weighted by Gasteiger charge is -2.21. The minimum atomic E-state index is -4.43. The van der Waals surface area contributed by atoms with Gasteiger partial charge < -0.3 is 5.11 Å². The van der Waals surface area contributed by atoms with Gasteiger partial charge in [0.25, 0.3) is 10.1 Å². The van der Waals surface area contributed by atoms with E-state index >= 15 is 0 Å². The van der Waals surface area contributed by atoms with Gasteiger partial charge in [-0.1, -0.05) is 36.5 Å². The molecule has 0 saturated carbocycles. The molecule has 1 aliphatic rings. The van der Waals surface area contributed by atoms with Gasteiger partial charge in [0.15, 0.2) is 0 Å². The summed E-state index contributed by atoms with van der Waals surface area (Å²) in [6, 6.07) is 6.25. The van der Waals surface area contributed by atoms with E-state index in [-0.39, 0.29) is 16.0 Å². The minimum absolute atomic E-state index is 0.0676. The van der Waals surface area contributed by atoms with Crippen molar-refractivity contribution in [3.05, 3.63) is 47.0 Å². The molecule has 1 aromatic rings. The molecule has 18 heavy (non-hydrogen) atoms. The zero-order valence-corrected chi connectivity index (χ0v) is 10.5. The van der Waals surface area contributed by atoms with Gasteiger partial charge in [-0.15, -0.1) is 0 Å². The number of hydrogen-bond acceptors (Lipinski definition) is 4. The second-order valence-corrected chi connectivity index (χ2v) is 5.68. The summed E-state index contributed by atoms with van der Waals surface area (Å²) in [5, 5.41) is 7.59. The normalized spacial score (nSPS) is 19.1. The molecule has 0 saturated heterocycles. The van der Waals surface area contributed by atoms with Crippen LogP contribution in [0.2, 0.25) is 0 Å². The summed E-state index contributed by atoms with van der Waals surface area (Å²) in [4.78, 5) is 11.1. The van der Waals surface area contributed by atoms with E-state index in [2.05, 4.69) is 0 Å². The van der Waals surface area contributed by atoms with Crippen molar-refractivity contribution < 1.29 is 22.9 Å². The average molecular weight is 284 g/mol. The summed E-state index contributed by atoms with van der Waals surface area (Å²) in [5.74, 6) is -1.32. The maximum Gasteiger partial charge on any atom is 0.336 e. The van der Waals surface area contributed by atoms with Gasteiger partial charge >= 0.3 is 5.97 Å². The van der Waals surface area contributed by atoms with Gasteiger partial charge in [-0.3, -0.25) is 4.55 Å². The summed E-state index contributed by atoms with van der Waals surface area (Å²) in [5.41, 5.74) is 0.344. The van der Waals surface area contributed by atoms with Crippen molar-refractivity contribution in [2.75, 3.05) is 0 Å². The largest absolute Gasteiger partial charge is 0.478 e. The van der Waals surface area contributed by atoms with Gasteiger partial charge in [-0.2, -0.15) is 8.42 Å². The van der Waals surface area contributed by atoms with Gasteiger partial charge in [0, 0.05) is 0 Å². The lowest BCUT2D eigenvalue weighted by molar-refractivity contribution is -0.132. The Morgan fingerprint density at radius 2 is 1.89 bits per heavy atom. The smallest absolute Gasteiger partial charge is 0.336 e. The molecule has 0 aliphatic heterocycles. The van der Waals surface area contributed by atoms with Gasteiger partial charge in [0.2, 0.25) is 0 Å². The van der Waals surface area contributed by atoms with E-state index in [1.54, 1.807) is 12.1 Å². The number of benzene rings is 1.